The zero-order valence-corrected chi connectivity index (χ0v) is 12.0. The van der Waals surface area contributed by atoms with Crippen molar-refractivity contribution < 1.29 is 8.42 Å². The molecule has 0 atom stereocenters. The lowest BCUT2D eigenvalue weighted by Gasteiger charge is -2.25. The van der Waals surface area contributed by atoms with Crippen LogP contribution in [0.2, 0.25) is 0 Å². The number of benzene rings is 1. The predicted octanol–water partition coefficient (Wildman–Crippen LogP) is 2.05. The van der Waals surface area contributed by atoms with Gasteiger partial charge in [0.05, 0.1) is 18.1 Å². The molecule has 0 spiro atoms. The molecule has 1 fully saturated rings. The van der Waals surface area contributed by atoms with Gasteiger partial charge in [0, 0.05) is 13.1 Å². The molecule has 0 aliphatic carbocycles. The summed E-state index contributed by atoms with van der Waals surface area (Å²) in [5.41, 5.74) is 0.854. The van der Waals surface area contributed by atoms with Crippen LogP contribution in [0, 0.1) is 0 Å². The summed E-state index contributed by atoms with van der Waals surface area (Å²) in [5, 5.41) is 4.16. The van der Waals surface area contributed by atoms with E-state index in [-0.39, 0.29) is 4.90 Å². The smallest absolute Gasteiger partial charge is 0.240 e. The van der Waals surface area contributed by atoms with Crippen LogP contribution < -0.4 is 0 Å². The van der Waals surface area contributed by atoms with Crippen LogP contribution >= 0.6 is 0 Å². The lowest BCUT2D eigenvalue weighted by molar-refractivity contribution is 0.346. The summed E-state index contributed by atoms with van der Waals surface area (Å²) in [6.07, 6.45) is 5.99. The number of hydrogen-bond donors (Lipinski definition) is 0. The maximum atomic E-state index is 12.5. The molecule has 2 aromatic rings. The molecule has 0 unspecified atom stereocenters. The molecule has 0 radical (unpaired) electrons. The average molecular weight is 291 g/mol. The molecule has 1 aliphatic heterocycles. The Bertz CT molecular complexity index is 673. The van der Waals surface area contributed by atoms with Gasteiger partial charge in [-0.1, -0.05) is 24.6 Å². The topological polar surface area (TPSA) is 55.2 Å². The average Bonchev–Trinajstić information content (AvgIpc) is 3.00. The van der Waals surface area contributed by atoms with E-state index in [4.69, 9.17) is 0 Å². The quantitative estimate of drug-likeness (QED) is 0.869. The van der Waals surface area contributed by atoms with Crippen molar-refractivity contribution in [2.45, 2.75) is 24.2 Å². The Morgan fingerprint density at radius 2 is 1.70 bits per heavy atom. The van der Waals surface area contributed by atoms with E-state index in [1.54, 1.807) is 15.2 Å². The van der Waals surface area contributed by atoms with Gasteiger partial charge in [0.2, 0.25) is 10.0 Å². The third-order valence-corrected chi connectivity index (χ3v) is 5.38. The van der Waals surface area contributed by atoms with Gasteiger partial charge in [-0.05, 0) is 25.0 Å². The van der Waals surface area contributed by atoms with E-state index < -0.39 is 10.0 Å². The van der Waals surface area contributed by atoms with Crippen molar-refractivity contribution in [3.63, 3.8) is 0 Å². The Kier molecular flexibility index (Phi) is 3.58. The molecular weight excluding hydrogens is 274 g/mol. The number of sulfonamides is 1. The zero-order chi connectivity index (χ0) is 14.0. The van der Waals surface area contributed by atoms with Crippen molar-refractivity contribution >= 4 is 10.0 Å². The van der Waals surface area contributed by atoms with E-state index in [1.807, 2.05) is 30.3 Å². The van der Waals surface area contributed by atoms with E-state index in [2.05, 4.69) is 5.10 Å². The first-order valence-electron chi connectivity index (χ1n) is 6.78. The molecule has 1 aromatic heterocycles. The van der Waals surface area contributed by atoms with Crippen molar-refractivity contribution in [2.24, 2.45) is 0 Å². The molecule has 0 N–H and O–H groups in total. The van der Waals surface area contributed by atoms with Crippen molar-refractivity contribution in [3.05, 3.63) is 42.7 Å². The first kappa shape index (κ1) is 13.3. The van der Waals surface area contributed by atoms with Crippen LogP contribution in [0.1, 0.15) is 19.3 Å². The number of piperidine rings is 1. The molecule has 1 aliphatic rings. The summed E-state index contributed by atoms with van der Waals surface area (Å²) in [7, 11) is -3.40. The third-order valence-electron chi connectivity index (χ3n) is 3.53. The van der Waals surface area contributed by atoms with Crippen LogP contribution in [0.25, 0.3) is 5.69 Å². The van der Waals surface area contributed by atoms with Gasteiger partial charge in [0.1, 0.15) is 4.90 Å². The van der Waals surface area contributed by atoms with E-state index >= 15 is 0 Å². The van der Waals surface area contributed by atoms with Gasteiger partial charge >= 0.3 is 0 Å². The molecule has 0 saturated carbocycles. The first-order valence-corrected chi connectivity index (χ1v) is 8.22. The second-order valence-corrected chi connectivity index (χ2v) is 6.86. The fourth-order valence-electron chi connectivity index (χ4n) is 2.42. The number of rotatable bonds is 3. The van der Waals surface area contributed by atoms with Crippen LogP contribution in [0.5, 0.6) is 0 Å². The molecule has 1 saturated heterocycles. The minimum Gasteiger partial charge on any atom is -0.240 e. The first-order chi connectivity index (χ1) is 9.68. The summed E-state index contributed by atoms with van der Waals surface area (Å²) in [5.74, 6) is 0. The Morgan fingerprint density at radius 3 is 2.40 bits per heavy atom. The molecule has 3 rings (SSSR count). The SMILES string of the molecule is O=S(=O)(c1cnn(-c2ccccc2)c1)N1CCCCC1. The van der Waals surface area contributed by atoms with Crippen LogP contribution in [-0.4, -0.2) is 35.6 Å². The summed E-state index contributed by atoms with van der Waals surface area (Å²) < 4.78 is 28.2. The lowest BCUT2D eigenvalue weighted by Crippen LogP contribution is -2.35. The van der Waals surface area contributed by atoms with Crippen LogP contribution in [0.15, 0.2) is 47.6 Å². The van der Waals surface area contributed by atoms with Gasteiger partial charge < -0.3 is 0 Å². The number of hydrogen-bond acceptors (Lipinski definition) is 3. The minimum atomic E-state index is -3.40. The second-order valence-electron chi connectivity index (χ2n) is 4.92. The lowest BCUT2D eigenvalue weighted by atomic mass is 10.2. The molecule has 20 heavy (non-hydrogen) atoms. The molecule has 106 valence electrons. The fourth-order valence-corrected chi connectivity index (χ4v) is 3.87. The van der Waals surface area contributed by atoms with Crippen molar-refractivity contribution in [1.82, 2.24) is 14.1 Å². The van der Waals surface area contributed by atoms with Crippen LogP contribution in [0.4, 0.5) is 0 Å². The van der Waals surface area contributed by atoms with Crippen molar-refractivity contribution in [1.29, 1.82) is 0 Å². The highest BCUT2D eigenvalue weighted by Gasteiger charge is 2.27. The van der Waals surface area contributed by atoms with Gasteiger partial charge in [-0.15, -0.1) is 0 Å². The Labute approximate surface area is 118 Å². The van der Waals surface area contributed by atoms with Gasteiger partial charge in [0.25, 0.3) is 0 Å². The van der Waals surface area contributed by atoms with Gasteiger partial charge in [-0.2, -0.15) is 9.40 Å². The Balaban J connectivity index is 1.89. The largest absolute Gasteiger partial charge is 0.246 e. The highest BCUT2D eigenvalue weighted by molar-refractivity contribution is 7.89. The monoisotopic (exact) mass is 291 g/mol. The van der Waals surface area contributed by atoms with E-state index in [0.29, 0.717) is 13.1 Å². The van der Waals surface area contributed by atoms with Gasteiger partial charge in [-0.3, -0.25) is 0 Å². The Hall–Kier alpha value is -1.66. The van der Waals surface area contributed by atoms with E-state index in [1.165, 1.54) is 6.20 Å². The molecule has 1 aromatic carbocycles. The highest BCUT2D eigenvalue weighted by Crippen LogP contribution is 2.20. The molecule has 0 amide bonds. The number of aromatic nitrogens is 2. The second kappa shape index (κ2) is 5.38. The maximum Gasteiger partial charge on any atom is 0.246 e. The summed E-state index contributed by atoms with van der Waals surface area (Å²) in [4.78, 5) is 0.267. The van der Waals surface area contributed by atoms with Crippen molar-refractivity contribution in [3.8, 4) is 5.69 Å². The van der Waals surface area contributed by atoms with Gasteiger partial charge in [0.15, 0.2) is 0 Å². The van der Waals surface area contributed by atoms with Crippen LogP contribution in [0.3, 0.4) is 0 Å². The predicted molar refractivity (Wildman–Crippen MR) is 76.2 cm³/mol. The van der Waals surface area contributed by atoms with Crippen molar-refractivity contribution in [2.75, 3.05) is 13.1 Å². The maximum absolute atomic E-state index is 12.5. The molecular formula is C14H17N3O2S. The Morgan fingerprint density at radius 1 is 1.00 bits per heavy atom. The zero-order valence-electron chi connectivity index (χ0n) is 11.1. The highest BCUT2D eigenvalue weighted by atomic mass is 32.2. The molecule has 2 heterocycles. The summed E-state index contributed by atoms with van der Waals surface area (Å²) in [6.45, 7) is 1.22. The number of nitrogens with zero attached hydrogens (tertiary/aromatic N) is 3. The fraction of sp³-hybridized carbons (Fsp3) is 0.357. The van der Waals surface area contributed by atoms with E-state index in [9.17, 15) is 8.42 Å². The van der Waals surface area contributed by atoms with Gasteiger partial charge in [-0.25, -0.2) is 13.1 Å². The minimum absolute atomic E-state index is 0.267. The van der Waals surface area contributed by atoms with Crippen LogP contribution in [-0.2, 0) is 10.0 Å². The molecule has 0 bridgehead atoms. The number of para-hydroxylation sites is 1. The molecule has 5 nitrogen and oxygen atoms in total. The summed E-state index contributed by atoms with van der Waals surface area (Å²) in [6, 6.07) is 9.50. The normalized spacial score (nSPS) is 17.2. The third kappa shape index (κ3) is 2.48. The molecule has 6 heteroatoms. The summed E-state index contributed by atoms with van der Waals surface area (Å²) >= 11 is 0. The standard InChI is InChI=1S/C14H17N3O2S/c18-20(19,16-9-5-2-6-10-16)14-11-15-17(12-14)13-7-3-1-4-8-13/h1,3-4,7-8,11-12H,2,5-6,9-10H2. The van der Waals surface area contributed by atoms with E-state index in [0.717, 1.165) is 24.9 Å².